The number of nitriles is 1. The first-order chi connectivity index (χ1) is 17.2. The van der Waals surface area contributed by atoms with E-state index in [-0.39, 0.29) is 27.4 Å². The molecular formula is C23H12ClN5O5S2. The summed E-state index contributed by atoms with van der Waals surface area (Å²) in [6, 6.07) is 16.8. The van der Waals surface area contributed by atoms with Gasteiger partial charge in [-0.25, -0.2) is 4.98 Å². The van der Waals surface area contributed by atoms with Crippen LogP contribution in [-0.2, 0) is 4.79 Å². The number of hydrogen-bond donors (Lipinski definition) is 1. The van der Waals surface area contributed by atoms with Crippen molar-refractivity contribution < 1.29 is 14.6 Å². The molecule has 4 aromatic rings. The van der Waals surface area contributed by atoms with Crippen LogP contribution in [0.2, 0.25) is 5.02 Å². The van der Waals surface area contributed by atoms with E-state index in [1.54, 1.807) is 24.3 Å². The number of anilines is 1. The zero-order chi connectivity index (χ0) is 25.8. The Hall–Kier alpha value is -4.31. The first-order valence-corrected chi connectivity index (χ1v) is 11.9. The van der Waals surface area contributed by atoms with Gasteiger partial charge >= 0.3 is 0 Å². The van der Waals surface area contributed by atoms with E-state index in [9.17, 15) is 30.3 Å². The van der Waals surface area contributed by atoms with E-state index in [1.165, 1.54) is 59.9 Å². The minimum Gasteiger partial charge on any atom is -0.321 e. The van der Waals surface area contributed by atoms with Gasteiger partial charge in [-0.05, 0) is 42.0 Å². The van der Waals surface area contributed by atoms with E-state index in [1.807, 2.05) is 0 Å². The van der Waals surface area contributed by atoms with E-state index in [2.05, 4.69) is 10.3 Å². The Labute approximate surface area is 216 Å². The smallest absolute Gasteiger partial charge is 0.283 e. The Kier molecular flexibility index (Phi) is 7.25. The fourth-order valence-electron chi connectivity index (χ4n) is 3.08. The molecule has 0 saturated carbocycles. The number of non-ortho nitro benzene ring substituents is 1. The lowest BCUT2D eigenvalue weighted by atomic mass is 10.1. The average molecular weight is 538 g/mol. The topological polar surface area (TPSA) is 152 Å². The lowest BCUT2D eigenvalue weighted by molar-refractivity contribution is -0.387. The highest BCUT2D eigenvalue weighted by atomic mass is 35.5. The number of benzene rings is 3. The van der Waals surface area contributed by atoms with Crippen molar-refractivity contribution in [1.29, 1.82) is 5.26 Å². The lowest BCUT2D eigenvalue weighted by Crippen LogP contribution is -2.13. The zero-order valence-electron chi connectivity index (χ0n) is 17.9. The van der Waals surface area contributed by atoms with Crippen molar-refractivity contribution in [3.63, 3.8) is 0 Å². The number of halogens is 1. The second kappa shape index (κ2) is 10.5. The number of nitro benzene ring substituents is 2. The predicted molar refractivity (Wildman–Crippen MR) is 137 cm³/mol. The second-order valence-electron chi connectivity index (χ2n) is 7.11. The van der Waals surface area contributed by atoms with Crippen molar-refractivity contribution in [3.05, 3.63) is 97.1 Å². The Bertz CT molecular complexity index is 1610. The van der Waals surface area contributed by atoms with Crippen molar-refractivity contribution in [1.82, 2.24) is 4.98 Å². The van der Waals surface area contributed by atoms with Gasteiger partial charge in [-0.3, -0.25) is 25.0 Å². The van der Waals surface area contributed by atoms with Gasteiger partial charge in [0, 0.05) is 28.9 Å². The van der Waals surface area contributed by atoms with Crippen LogP contribution in [0.25, 0.3) is 16.3 Å². The zero-order valence-corrected chi connectivity index (χ0v) is 20.3. The molecule has 13 heteroatoms. The number of fused-ring (bicyclic) bond motifs is 1. The van der Waals surface area contributed by atoms with E-state index >= 15 is 0 Å². The summed E-state index contributed by atoms with van der Waals surface area (Å²) in [5.41, 5.74) is 0.650. The molecular weight excluding hydrogens is 526 g/mol. The number of thiazole rings is 1. The van der Waals surface area contributed by atoms with Crippen LogP contribution in [0, 0.1) is 31.6 Å². The van der Waals surface area contributed by atoms with Crippen molar-refractivity contribution in [3.8, 4) is 6.07 Å². The number of hydrogen-bond acceptors (Lipinski definition) is 9. The molecule has 0 unspecified atom stereocenters. The number of amides is 1. The van der Waals surface area contributed by atoms with Crippen LogP contribution >= 0.6 is 34.7 Å². The molecule has 1 heterocycles. The molecule has 0 fully saturated rings. The van der Waals surface area contributed by atoms with E-state index in [0.717, 1.165) is 11.8 Å². The fraction of sp³-hybridized carbons (Fsp3) is 0. The molecule has 10 nitrogen and oxygen atoms in total. The Morgan fingerprint density at radius 1 is 1.11 bits per heavy atom. The average Bonchev–Trinajstić information content (AvgIpc) is 3.24. The van der Waals surface area contributed by atoms with Crippen molar-refractivity contribution in [2.24, 2.45) is 0 Å². The Morgan fingerprint density at radius 2 is 1.92 bits per heavy atom. The molecule has 36 heavy (non-hydrogen) atoms. The molecule has 0 radical (unpaired) electrons. The molecule has 0 aliphatic rings. The first kappa shape index (κ1) is 24.8. The molecule has 1 aromatic heterocycles. The van der Waals surface area contributed by atoms with Crippen molar-refractivity contribution >= 4 is 74.0 Å². The summed E-state index contributed by atoms with van der Waals surface area (Å²) >= 11 is 8.13. The predicted octanol–water partition coefficient (Wildman–Crippen LogP) is 6.46. The molecule has 0 aliphatic carbocycles. The summed E-state index contributed by atoms with van der Waals surface area (Å²) in [6.45, 7) is 0. The van der Waals surface area contributed by atoms with Crippen LogP contribution in [0.4, 0.5) is 17.1 Å². The van der Waals surface area contributed by atoms with Gasteiger partial charge in [0.2, 0.25) is 0 Å². The van der Waals surface area contributed by atoms with Crippen LogP contribution in [0.5, 0.6) is 0 Å². The van der Waals surface area contributed by atoms with Crippen LogP contribution in [-0.4, -0.2) is 20.7 Å². The summed E-state index contributed by atoms with van der Waals surface area (Å²) in [4.78, 5) is 38.8. The summed E-state index contributed by atoms with van der Waals surface area (Å²) in [5, 5.41) is 35.1. The molecule has 178 valence electrons. The highest BCUT2D eigenvalue weighted by Gasteiger charge is 2.19. The Morgan fingerprint density at radius 3 is 2.61 bits per heavy atom. The third-order valence-electron chi connectivity index (χ3n) is 4.70. The minimum absolute atomic E-state index is 0.0717. The SMILES string of the molecule is N#C/C(=C\c1ccc(Sc2nc3ccc([N+](=O)[O-])cc3s2)c([N+](=O)[O-])c1)C(=O)Nc1cccc(Cl)c1. The molecule has 0 atom stereocenters. The highest BCUT2D eigenvalue weighted by Crippen LogP contribution is 2.40. The van der Waals surface area contributed by atoms with Gasteiger partial charge in [0.05, 0.1) is 25.0 Å². The van der Waals surface area contributed by atoms with Gasteiger partial charge in [-0.15, -0.1) is 11.3 Å². The van der Waals surface area contributed by atoms with Gasteiger partial charge in [0.1, 0.15) is 11.6 Å². The van der Waals surface area contributed by atoms with Crippen molar-refractivity contribution in [2.75, 3.05) is 5.32 Å². The first-order valence-electron chi connectivity index (χ1n) is 9.93. The van der Waals surface area contributed by atoms with Crippen LogP contribution < -0.4 is 5.32 Å². The van der Waals surface area contributed by atoms with Gasteiger partial charge in [-0.1, -0.05) is 35.5 Å². The molecule has 0 saturated heterocycles. The van der Waals surface area contributed by atoms with Gasteiger partial charge in [0.15, 0.2) is 4.34 Å². The van der Waals surface area contributed by atoms with E-state index < -0.39 is 15.8 Å². The van der Waals surface area contributed by atoms with E-state index in [4.69, 9.17) is 11.6 Å². The monoisotopic (exact) mass is 537 g/mol. The van der Waals surface area contributed by atoms with Gasteiger partial charge in [0.25, 0.3) is 17.3 Å². The minimum atomic E-state index is -0.690. The van der Waals surface area contributed by atoms with Crippen LogP contribution in [0.3, 0.4) is 0 Å². The number of aromatic nitrogens is 1. The number of carbonyl (C=O) groups excluding carboxylic acids is 1. The number of rotatable bonds is 7. The molecule has 1 N–H and O–H groups in total. The maximum Gasteiger partial charge on any atom is 0.283 e. The lowest BCUT2D eigenvalue weighted by Gasteiger charge is -2.05. The normalized spacial score (nSPS) is 11.2. The van der Waals surface area contributed by atoms with Crippen LogP contribution in [0.1, 0.15) is 5.56 Å². The summed E-state index contributed by atoms with van der Waals surface area (Å²) in [6.07, 6.45) is 1.25. The largest absolute Gasteiger partial charge is 0.321 e. The molecule has 4 rings (SSSR count). The second-order valence-corrected chi connectivity index (χ2v) is 9.87. The van der Waals surface area contributed by atoms with Crippen molar-refractivity contribution in [2.45, 2.75) is 9.24 Å². The standard InChI is InChI=1S/C23H12ClN5O5S2/c24-15-2-1-3-16(10-15)26-22(30)14(12-25)8-13-4-7-20(19(9-13)29(33)34)35-23-27-18-6-5-17(28(31)32)11-21(18)36-23/h1-11H,(H,26,30)/b14-8+. The highest BCUT2D eigenvalue weighted by molar-refractivity contribution is 8.01. The number of carbonyl (C=O) groups is 1. The Balaban J connectivity index is 1.60. The van der Waals surface area contributed by atoms with Gasteiger partial charge < -0.3 is 5.32 Å². The third kappa shape index (κ3) is 5.66. The number of nitrogens with zero attached hydrogens (tertiary/aromatic N) is 4. The number of nitro groups is 2. The molecule has 0 aliphatic heterocycles. The van der Waals surface area contributed by atoms with Gasteiger partial charge in [-0.2, -0.15) is 5.26 Å². The maximum atomic E-state index is 12.5. The quantitative estimate of drug-likeness (QED) is 0.122. The fourth-order valence-corrected chi connectivity index (χ4v) is 5.41. The molecule has 1 amide bonds. The van der Waals surface area contributed by atoms with Crippen LogP contribution in [0.15, 0.2) is 75.5 Å². The molecule has 3 aromatic carbocycles. The molecule has 0 spiro atoms. The number of nitrogens with one attached hydrogen (secondary N) is 1. The molecule has 0 bridgehead atoms. The maximum absolute atomic E-state index is 12.5. The summed E-state index contributed by atoms with van der Waals surface area (Å²) in [5.74, 6) is -0.690. The summed E-state index contributed by atoms with van der Waals surface area (Å²) < 4.78 is 1.05. The summed E-state index contributed by atoms with van der Waals surface area (Å²) in [7, 11) is 0. The van der Waals surface area contributed by atoms with E-state index in [0.29, 0.717) is 25.3 Å². The third-order valence-corrected chi connectivity index (χ3v) is 7.08.